The lowest BCUT2D eigenvalue weighted by atomic mass is 10.1. The van der Waals surface area contributed by atoms with Gasteiger partial charge in [0.1, 0.15) is 11.6 Å². The molecule has 3 aromatic carbocycles. The first kappa shape index (κ1) is 23.1. The van der Waals surface area contributed by atoms with Crippen LogP contribution in [0, 0.1) is 5.82 Å². The van der Waals surface area contributed by atoms with Gasteiger partial charge in [-0.2, -0.15) is 0 Å². The lowest BCUT2D eigenvalue weighted by Crippen LogP contribution is -2.22. The van der Waals surface area contributed by atoms with Crippen LogP contribution in [0.4, 0.5) is 4.39 Å². The Kier molecular flexibility index (Phi) is 5.40. The number of fused-ring (bicyclic) bond motifs is 2. The normalized spacial score (nSPS) is 11.8. The highest BCUT2D eigenvalue weighted by Gasteiger charge is 2.21. The van der Waals surface area contributed by atoms with Gasteiger partial charge in [0.15, 0.2) is 5.65 Å². The third-order valence-electron chi connectivity index (χ3n) is 5.98. The van der Waals surface area contributed by atoms with Gasteiger partial charge in [-0.3, -0.25) is 9.36 Å². The summed E-state index contributed by atoms with van der Waals surface area (Å²) in [6.45, 7) is 0. The first-order valence-electron chi connectivity index (χ1n) is 11.1. The molecule has 3 heterocycles. The van der Waals surface area contributed by atoms with Gasteiger partial charge in [-0.1, -0.05) is 23.7 Å². The standard InChI is InChI=1S/C27H16ClFN4O3S/c28-19-5-9-21(10-6-19)33-26(31-24-4-2-1-3-23(24)27(33)34)18-15-17-13-14-32(25(17)30-16-18)37(35,36)22-11-7-20(29)8-12-22/h1-16H. The van der Waals surface area contributed by atoms with Crippen LogP contribution < -0.4 is 5.56 Å². The van der Waals surface area contributed by atoms with Crippen molar-refractivity contribution in [2.75, 3.05) is 0 Å². The molecule has 0 amide bonds. The minimum absolute atomic E-state index is 0.0648. The highest BCUT2D eigenvalue weighted by molar-refractivity contribution is 7.90. The average molecular weight is 531 g/mol. The van der Waals surface area contributed by atoms with E-state index in [1.54, 1.807) is 60.7 Å². The smallest absolute Gasteiger partial charge is 0.268 e. The Morgan fingerprint density at radius 1 is 0.892 bits per heavy atom. The Balaban J connectivity index is 1.55. The molecule has 0 fully saturated rings. The highest BCUT2D eigenvalue weighted by Crippen LogP contribution is 2.27. The highest BCUT2D eigenvalue weighted by atomic mass is 35.5. The van der Waals surface area contributed by atoms with Crippen molar-refractivity contribution in [3.63, 3.8) is 0 Å². The van der Waals surface area contributed by atoms with Crippen LogP contribution in [-0.4, -0.2) is 26.9 Å². The van der Waals surface area contributed by atoms with Gasteiger partial charge in [0.25, 0.3) is 15.6 Å². The first-order chi connectivity index (χ1) is 17.8. The van der Waals surface area contributed by atoms with Crippen LogP contribution in [0.3, 0.4) is 0 Å². The molecular weight excluding hydrogens is 515 g/mol. The second kappa shape index (κ2) is 8.65. The Morgan fingerprint density at radius 3 is 2.38 bits per heavy atom. The minimum Gasteiger partial charge on any atom is -0.268 e. The fourth-order valence-electron chi connectivity index (χ4n) is 4.19. The summed E-state index contributed by atoms with van der Waals surface area (Å²) in [4.78, 5) is 22.7. The predicted molar refractivity (Wildman–Crippen MR) is 140 cm³/mol. The van der Waals surface area contributed by atoms with Gasteiger partial charge in [0.2, 0.25) is 0 Å². The topological polar surface area (TPSA) is 86.8 Å². The molecule has 0 atom stereocenters. The van der Waals surface area contributed by atoms with Crippen molar-refractivity contribution < 1.29 is 12.8 Å². The number of hydrogen-bond acceptors (Lipinski definition) is 5. The molecular formula is C27H16ClFN4O3S. The van der Waals surface area contributed by atoms with E-state index >= 15 is 0 Å². The lowest BCUT2D eigenvalue weighted by molar-refractivity contribution is 0.587. The Bertz CT molecular complexity index is 1980. The van der Waals surface area contributed by atoms with E-state index in [9.17, 15) is 17.6 Å². The maximum absolute atomic E-state index is 13.5. The van der Waals surface area contributed by atoms with Crippen molar-refractivity contribution in [3.8, 4) is 17.1 Å². The second-order valence-electron chi connectivity index (χ2n) is 8.28. The van der Waals surface area contributed by atoms with E-state index in [0.29, 0.717) is 38.4 Å². The maximum Gasteiger partial charge on any atom is 0.269 e. The molecule has 0 aliphatic rings. The number of nitrogens with zero attached hydrogens (tertiary/aromatic N) is 4. The fourth-order valence-corrected chi connectivity index (χ4v) is 5.63. The van der Waals surface area contributed by atoms with Gasteiger partial charge < -0.3 is 0 Å². The number of aromatic nitrogens is 4. The zero-order valence-corrected chi connectivity index (χ0v) is 20.5. The van der Waals surface area contributed by atoms with Crippen LogP contribution in [0.15, 0.2) is 107 Å². The number of pyridine rings is 1. The van der Waals surface area contributed by atoms with Crippen molar-refractivity contribution in [1.29, 1.82) is 0 Å². The minimum atomic E-state index is -4.00. The van der Waals surface area contributed by atoms with E-state index in [0.717, 1.165) is 16.1 Å². The average Bonchev–Trinajstić information content (AvgIpc) is 3.34. The van der Waals surface area contributed by atoms with E-state index in [4.69, 9.17) is 16.6 Å². The van der Waals surface area contributed by atoms with E-state index in [1.165, 1.54) is 29.1 Å². The number of benzene rings is 3. The molecule has 6 rings (SSSR count). The molecule has 7 nitrogen and oxygen atoms in total. The van der Waals surface area contributed by atoms with Crippen LogP contribution in [-0.2, 0) is 10.0 Å². The first-order valence-corrected chi connectivity index (χ1v) is 12.9. The Morgan fingerprint density at radius 2 is 1.62 bits per heavy atom. The molecule has 0 saturated heterocycles. The summed E-state index contributed by atoms with van der Waals surface area (Å²) in [6, 6.07) is 21.8. The summed E-state index contributed by atoms with van der Waals surface area (Å²) in [5.74, 6) is -0.191. The van der Waals surface area contributed by atoms with Crippen molar-refractivity contribution >= 4 is 43.6 Å². The molecule has 0 radical (unpaired) electrons. The van der Waals surface area contributed by atoms with Crippen molar-refractivity contribution in [1.82, 2.24) is 18.5 Å². The lowest BCUT2D eigenvalue weighted by Gasteiger charge is -2.14. The Hall–Kier alpha value is -4.34. The zero-order valence-electron chi connectivity index (χ0n) is 18.9. The van der Waals surface area contributed by atoms with Crippen LogP contribution in [0.5, 0.6) is 0 Å². The van der Waals surface area contributed by atoms with Crippen LogP contribution in [0.1, 0.15) is 0 Å². The molecule has 0 aliphatic carbocycles. The quantitative estimate of drug-likeness (QED) is 0.303. The summed E-state index contributed by atoms with van der Waals surface area (Å²) in [7, 11) is -4.00. The molecule has 0 saturated carbocycles. The summed E-state index contributed by atoms with van der Waals surface area (Å²) in [6.07, 6.45) is 2.86. The predicted octanol–water partition coefficient (Wildman–Crippen LogP) is 5.43. The van der Waals surface area contributed by atoms with Gasteiger partial charge in [0, 0.05) is 28.4 Å². The summed E-state index contributed by atoms with van der Waals surface area (Å²) < 4.78 is 42.2. The number of para-hydroxylation sites is 1. The summed E-state index contributed by atoms with van der Waals surface area (Å²) >= 11 is 6.06. The largest absolute Gasteiger partial charge is 0.269 e. The molecule has 37 heavy (non-hydrogen) atoms. The molecule has 0 spiro atoms. The maximum atomic E-state index is 13.5. The molecule has 0 aliphatic heterocycles. The number of rotatable bonds is 4. The Labute approximate surface area is 215 Å². The van der Waals surface area contributed by atoms with E-state index < -0.39 is 15.8 Å². The van der Waals surface area contributed by atoms with E-state index in [-0.39, 0.29) is 16.1 Å². The second-order valence-corrected chi connectivity index (χ2v) is 10.5. The van der Waals surface area contributed by atoms with E-state index in [2.05, 4.69) is 4.98 Å². The fraction of sp³-hybridized carbons (Fsp3) is 0. The number of hydrogen-bond donors (Lipinski definition) is 0. The summed E-state index contributed by atoms with van der Waals surface area (Å²) in [5, 5.41) is 1.50. The molecule has 182 valence electrons. The van der Waals surface area contributed by atoms with Crippen LogP contribution in [0.2, 0.25) is 5.02 Å². The molecule has 0 bridgehead atoms. The summed E-state index contributed by atoms with van der Waals surface area (Å²) in [5.41, 5.74) is 1.53. The van der Waals surface area contributed by atoms with Crippen LogP contribution in [0.25, 0.3) is 39.0 Å². The SMILES string of the molecule is O=c1c2ccccc2nc(-c2cnc3c(ccn3S(=O)(=O)c3ccc(F)cc3)c2)n1-c1ccc(Cl)cc1. The molecule has 10 heteroatoms. The molecule has 6 aromatic rings. The van der Waals surface area contributed by atoms with Gasteiger partial charge >= 0.3 is 0 Å². The molecule has 0 N–H and O–H groups in total. The van der Waals surface area contributed by atoms with Gasteiger partial charge in [-0.05, 0) is 72.8 Å². The third kappa shape index (κ3) is 3.89. The van der Waals surface area contributed by atoms with Crippen LogP contribution >= 0.6 is 11.6 Å². The van der Waals surface area contributed by atoms with Crippen molar-refractivity contribution in [3.05, 3.63) is 119 Å². The monoisotopic (exact) mass is 530 g/mol. The van der Waals surface area contributed by atoms with Gasteiger partial charge in [0.05, 0.1) is 21.5 Å². The van der Waals surface area contributed by atoms with Gasteiger partial charge in [-0.25, -0.2) is 26.7 Å². The molecule has 0 unspecified atom stereocenters. The van der Waals surface area contributed by atoms with Crippen molar-refractivity contribution in [2.45, 2.75) is 4.90 Å². The van der Waals surface area contributed by atoms with Gasteiger partial charge in [-0.15, -0.1) is 0 Å². The number of halogens is 2. The zero-order chi connectivity index (χ0) is 25.7. The third-order valence-corrected chi connectivity index (χ3v) is 7.91. The van der Waals surface area contributed by atoms with E-state index in [1.807, 2.05) is 0 Å². The molecule has 3 aromatic heterocycles. The van der Waals surface area contributed by atoms with Crippen molar-refractivity contribution in [2.24, 2.45) is 0 Å².